The highest BCUT2D eigenvalue weighted by Gasteiger charge is 2.05. The Balaban J connectivity index is 2.92. The summed E-state index contributed by atoms with van der Waals surface area (Å²) in [6, 6.07) is 1.82. The minimum absolute atomic E-state index is 0.492. The Kier molecular flexibility index (Phi) is 1.41. The van der Waals surface area contributed by atoms with Gasteiger partial charge in [0, 0.05) is 0 Å². The Labute approximate surface area is 75.7 Å². The van der Waals surface area contributed by atoms with E-state index in [1.807, 2.05) is 6.07 Å². The summed E-state index contributed by atoms with van der Waals surface area (Å²) in [5, 5.41) is 11.3. The molecule has 2 aromatic heterocycles. The van der Waals surface area contributed by atoms with Crippen molar-refractivity contribution in [3.8, 4) is 0 Å². The predicted octanol–water partition coefficient (Wildman–Crippen LogP) is 0.311. The predicted molar refractivity (Wildman–Crippen MR) is 47.9 cm³/mol. The number of hydrogen-bond acceptors (Lipinski definition) is 4. The molecule has 0 amide bonds. The SMILES string of the molecule is Nc1nn2nnccc2c1I. The van der Waals surface area contributed by atoms with Crippen LogP contribution in [0.3, 0.4) is 0 Å². The summed E-state index contributed by atoms with van der Waals surface area (Å²) in [7, 11) is 0. The maximum atomic E-state index is 5.55. The highest BCUT2D eigenvalue weighted by Crippen LogP contribution is 2.17. The van der Waals surface area contributed by atoms with Gasteiger partial charge in [-0.25, -0.2) is 0 Å². The fourth-order valence-electron chi connectivity index (χ4n) is 0.810. The molecule has 0 unspecified atom stereocenters. The van der Waals surface area contributed by atoms with Crippen LogP contribution in [-0.4, -0.2) is 20.0 Å². The Morgan fingerprint density at radius 2 is 2.36 bits per heavy atom. The van der Waals surface area contributed by atoms with Crippen molar-refractivity contribution in [2.45, 2.75) is 0 Å². The molecule has 6 heteroatoms. The van der Waals surface area contributed by atoms with Gasteiger partial charge in [-0.2, -0.15) is 0 Å². The molecule has 0 spiro atoms. The Morgan fingerprint density at radius 1 is 1.55 bits per heavy atom. The van der Waals surface area contributed by atoms with Crippen LogP contribution in [0, 0.1) is 3.57 Å². The van der Waals surface area contributed by atoms with Gasteiger partial charge in [0.2, 0.25) is 0 Å². The molecule has 0 aromatic carbocycles. The molecule has 2 N–H and O–H groups in total. The second kappa shape index (κ2) is 2.29. The maximum absolute atomic E-state index is 5.55. The number of hydrogen-bond donors (Lipinski definition) is 1. The molecule has 56 valence electrons. The Bertz CT molecular complexity index is 395. The fraction of sp³-hybridized carbons (Fsp3) is 0. The van der Waals surface area contributed by atoms with Crippen LogP contribution in [0.5, 0.6) is 0 Å². The average molecular weight is 261 g/mol. The number of aromatic nitrogens is 4. The van der Waals surface area contributed by atoms with Crippen LogP contribution >= 0.6 is 22.6 Å². The van der Waals surface area contributed by atoms with Crippen LogP contribution in [0.4, 0.5) is 5.82 Å². The van der Waals surface area contributed by atoms with E-state index in [4.69, 9.17) is 5.73 Å². The topological polar surface area (TPSA) is 69.1 Å². The number of nitrogens with zero attached hydrogens (tertiary/aromatic N) is 4. The lowest BCUT2D eigenvalue weighted by Crippen LogP contribution is -1.95. The molecule has 0 aliphatic heterocycles. The summed E-state index contributed by atoms with van der Waals surface area (Å²) in [6.45, 7) is 0. The Morgan fingerprint density at radius 3 is 3.09 bits per heavy atom. The first-order valence-electron chi connectivity index (χ1n) is 2.91. The third-order valence-corrected chi connectivity index (χ3v) is 2.41. The summed E-state index contributed by atoms with van der Waals surface area (Å²) in [6.07, 6.45) is 1.61. The summed E-state index contributed by atoms with van der Waals surface area (Å²) in [5.41, 5.74) is 6.43. The van der Waals surface area contributed by atoms with E-state index in [1.54, 1.807) is 6.20 Å². The molecule has 0 atom stereocenters. The van der Waals surface area contributed by atoms with Crippen LogP contribution in [0.1, 0.15) is 0 Å². The van der Waals surface area contributed by atoms with Crippen LogP contribution in [0.25, 0.3) is 5.52 Å². The van der Waals surface area contributed by atoms with E-state index in [1.165, 1.54) is 4.63 Å². The zero-order chi connectivity index (χ0) is 7.84. The fourth-order valence-corrected chi connectivity index (χ4v) is 1.31. The van der Waals surface area contributed by atoms with Gasteiger partial charge in [-0.05, 0) is 33.9 Å². The lowest BCUT2D eigenvalue weighted by Gasteiger charge is -1.85. The first-order chi connectivity index (χ1) is 5.29. The van der Waals surface area contributed by atoms with E-state index in [2.05, 4.69) is 38.0 Å². The monoisotopic (exact) mass is 261 g/mol. The highest BCUT2D eigenvalue weighted by atomic mass is 127. The van der Waals surface area contributed by atoms with Crippen LogP contribution in [-0.2, 0) is 0 Å². The quantitative estimate of drug-likeness (QED) is 0.693. The summed E-state index contributed by atoms with van der Waals surface area (Å²) in [4.78, 5) is 0. The molecular formula is C5H4IN5. The van der Waals surface area contributed by atoms with Crippen molar-refractivity contribution in [1.82, 2.24) is 20.0 Å². The minimum atomic E-state index is 0.492. The standard InChI is InChI=1S/C5H4IN5/c6-4-3-1-2-8-10-11(3)9-5(4)7/h1-2H,(H2,7,9). The Hall–Kier alpha value is -0.920. The molecule has 2 heterocycles. The maximum Gasteiger partial charge on any atom is 0.161 e. The third-order valence-electron chi connectivity index (χ3n) is 1.30. The molecule has 0 aliphatic carbocycles. The smallest absolute Gasteiger partial charge is 0.161 e. The molecule has 11 heavy (non-hydrogen) atoms. The molecule has 5 nitrogen and oxygen atoms in total. The second-order valence-corrected chi connectivity index (χ2v) is 3.07. The van der Waals surface area contributed by atoms with Gasteiger partial charge in [0.25, 0.3) is 0 Å². The van der Waals surface area contributed by atoms with Crippen molar-refractivity contribution in [2.75, 3.05) is 5.73 Å². The summed E-state index contributed by atoms with van der Waals surface area (Å²) < 4.78 is 2.33. The first kappa shape index (κ1) is 6.77. The van der Waals surface area contributed by atoms with Gasteiger partial charge in [0.05, 0.1) is 9.77 Å². The van der Waals surface area contributed by atoms with Crippen molar-refractivity contribution in [2.24, 2.45) is 0 Å². The van der Waals surface area contributed by atoms with Gasteiger partial charge in [-0.1, -0.05) is 0 Å². The van der Waals surface area contributed by atoms with E-state index in [9.17, 15) is 0 Å². The zero-order valence-electron chi connectivity index (χ0n) is 5.40. The number of nitrogen functional groups attached to an aromatic ring is 1. The lowest BCUT2D eigenvalue weighted by molar-refractivity contribution is 0.721. The van der Waals surface area contributed by atoms with Crippen molar-refractivity contribution < 1.29 is 0 Å². The van der Waals surface area contributed by atoms with Gasteiger partial charge >= 0.3 is 0 Å². The van der Waals surface area contributed by atoms with E-state index in [-0.39, 0.29) is 0 Å². The summed E-state index contributed by atoms with van der Waals surface area (Å²) >= 11 is 2.12. The highest BCUT2D eigenvalue weighted by molar-refractivity contribution is 14.1. The summed E-state index contributed by atoms with van der Waals surface area (Å²) in [5.74, 6) is 0.492. The van der Waals surface area contributed by atoms with Crippen LogP contribution in [0.2, 0.25) is 0 Å². The van der Waals surface area contributed by atoms with Crippen molar-refractivity contribution in [1.29, 1.82) is 0 Å². The van der Waals surface area contributed by atoms with Gasteiger partial charge in [-0.15, -0.1) is 14.8 Å². The minimum Gasteiger partial charge on any atom is -0.381 e. The molecular weight excluding hydrogens is 257 g/mol. The normalized spacial score (nSPS) is 10.6. The van der Waals surface area contributed by atoms with Crippen LogP contribution < -0.4 is 5.73 Å². The third kappa shape index (κ3) is 0.934. The van der Waals surface area contributed by atoms with Crippen molar-refractivity contribution >= 4 is 33.9 Å². The molecule has 0 bridgehead atoms. The average Bonchev–Trinajstić information content (AvgIpc) is 2.30. The zero-order valence-corrected chi connectivity index (χ0v) is 7.56. The molecule has 0 aliphatic rings. The van der Waals surface area contributed by atoms with Gasteiger partial charge in [0.15, 0.2) is 5.82 Å². The molecule has 0 radical (unpaired) electrons. The number of halogens is 1. The second-order valence-electron chi connectivity index (χ2n) is 1.99. The van der Waals surface area contributed by atoms with E-state index in [0.29, 0.717) is 5.82 Å². The number of nitrogens with two attached hydrogens (primary N) is 1. The van der Waals surface area contributed by atoms with Crippen LogP contribution in [0.15, 0.2) is 12.3 Å². The molecule has 2 aromatic rings. The van der Waals surface area contributed by atoms with E-state index >= 15 is 0 Å². The molecule has 0 saturated carbocycles. The number of rotatable bonds is 0. The number of fused-ring (bicyclic) bond motifs is 1. The van der Waals surface area contributed by atoms with E-state index in [0.717, 1.165) is 9.09 Å². The van der Waals surface area contributed by atoms with Gasteiger partial charge in [0.1, 0.15) is 5.52 Å². The molecule has 2 rings (SSSR count). The molecule has 0 fully saturated rings. The van der Waals surface area contributed by atoms with Crippen molar-refractivity contribution in [3.63, 3.8) is 0 Å². The number of anilines is 1. The van der Waals surface area contributed by atoms with E-state index < -0.39 is 0 Å². The lowest BCUT2D eigenvalue weighted by atomic mass is 10.5. The van der Waals surface area contributed by atoms with Gasteiger partial charge < -0.3 is 5.73 Å². The largest absolute Gasteiger partial charge is 0.381 e. The molecule has 0 saturated heterocycles. The van der Waals surface area contributed by atoms with Crippen molar-refractivity contribution in [3.05, 3.63) is 15.8 Å². The van der Waals surface area contributed by atoms with Gasteiger partial charge in [-0.3, -0.25) is 0 Å². The first-order valence-corrected chi connectivity index (χ1v) is 3.98.